The van der Waals surface area contributed by atoms with Gasteiger partial charge in [0.1, 0.15) is 115 Å². The van der Waals surface area contributed by atoms with Gasteiger partial charge in [-0.15, -0.1) is 0 Å². The molecule has 580 valence electrons. The molecule has 12 aliphatic rings. The zero-order valence-electron chi connectivity index (χ0n) is 57.8. The summed E-state index contributed by atoms with van der Waals surface area (Å²) in [5.74, 6) is -1.50. The van der Waals surface area contributed by atoms with Crippen molar-refractivity contribution in [3.8, 4) is 0 Å². The molecule has 38 atom stereocenters. The number of esters is 1. The molecular formula is C67H108O34. The molecule has 7 saturated heterocycles. The molecule has 7 heterocycles. The van der Waals surface area contributed by atoms with Crippen molar-refractivity contribution in [2.75, 3.05) is 59.5 Å². The summed E-state index contributed by atoms with van der Waals surface area (Å²) in [6, 6.07) is 0. The molecule has 0 amide bonds. The highest BCUT2D eigenvalue weighted by atomic mass is 16.8. The van der Waals surface area contributed by atoms with Gasteiger partial charge in [0.25, 0.3) is 0 Å². The van der Waals surface area contributed by atoms with E-state index in [1.54, 1.807) is 0 Å². The highest BCUT2D eigenvalue weighted by molar-refractivity contribution is 5.79. The zero-order valence-corrected chi connectivity index (χ0v) is 57.8. The van der Waals surface area contributed by atoms with Gasteiger partial charge in [-0.25, -0.2) is 0 Å². The number of hydrogen-bond donors (Lipinski definition) is 19. The van der Waals surface area contributed by atoms with Gasteiger partial charge in [0.15, 0.2) is 43.8 Å². The Morgan fingerprint density at radius 2 is 1.03 bits per heavy atom. The fourth-order valence-corrected chi connectivity index (χ4v) is 19.7. The first-order valence-electron chi connectivity index (χ1n) is 35.4. The molecule has 7 aliphatic heterocycles. The fraction of sp³-hybridized carbons (Fsp3) is 0.955. The monoisotopic (exact) mass is 1460 g/mol. The normalized spacial score (nSPS) is 55.1. The van der Waals surface area contributed by atoms with E-state index in [1.165, 1.54) is 6.92 Å². The summed E-state index contributed by atoms with van der Waals surface area (Å²) in [6.07, 6.45) is -40.6. The number of aliphatic hydroxyl groups excluding tert-OH is 17. The van der Waals surface area contributed by atoms with Gasteiger partial charge >= 0.3 is 5.97 Å². The second-order valence-electron chi connectivity index (χ2n) is 32.7. The number of carbonyl (C=O) groups excluding carboxylic acids is 1. The maximum Gasteiger partial charge on any atom is 0.315 e. The molecule has 0 bridgehead atoms. The van der Waals surface area contributed by atoms with Gasteiger partial charge in [0, 0.05) is 5.41 Å². The van der Waals surface area contributed by atoms with Crippen LogP contribution in [0.2, 0.25) is 0 Å². The minimum absolute atomic E-state index is 0.119. The van der Waals surface area contributed by atoms with Crippen LogP contribution in [0.4, 0.5) is 0 Å². The molecule has 0 aromatic rings. The number of aliphatic hydroxyl groups is 19. The molecule has 0 spiro atoms. The van der Waals surface area contributed by atoms with Crippen molar-refractivity contribution in [2.45, 2.75) is 290 Å². The van der Waals surface area contributed by atoms with E-state index < -0.39 is 282 Å². The van der Waals surface area contributed by atoms with Crippen LogP contribution < -0.4 is 0 Å². The Morgan fingerprint density at radius 1 is 0.495 bits per heavy atom. The largest absolute Gasteiger partial charge is 0.432 e. The standard InChI is InChI=1S/C67H108O34/c1-27-44(95-53-41(80)45(33(75)21-89-53)96-57-49(83)66(86,23-70)25-91-57)47(98-58-50(84)67(87,24-71)26-92-58)43(82)54(93-27)99-48-38(77)32(74)20-90-56(48)101-59(85)65-14-12-60(2,3)16-29(65)28-8-9-36-61(4)17-30(72)51(62(5,22-69)35(61)10-11-64(36,7)63(28,6)13-15-65)100-55-42(81)46(39(78)34(18-68)94-55)97-52-40(79)37(76)31(73)19-88-52/h8,27,29-58,68-84,86-87H,9-26H2,1-7H3/t27-,29-,30-,31+,32-,33+,34+,35-,36-,37-,38-,39+,40+,41+,42+,43+,44-,45-,46-,47-,48+,49-,50-,51-,52-,53-,54-,55-,56-,57-,58-,61-,62-,63+,64+,65-,66+,67+/m0/s1. The Labute approximate surface area is 583 Å². The highest BCUT2D eigenvalue weighted by Gasteiger charge is 2.72. The van der Waals surface area contributed by atoms with E-state index >= 15 is 4.79 Å². The van der Waals surface area contributed by atoms with Gasteiger partial charge in [-0.1, -0.05) is 53.2 Å². The maximum atomic E-state index is 15.7. The van der Waals surface area contributed by atoms with Gasteiger partial charge in [0.2, 0.25) is 6.29 Å². The Balaban J connectivity index is 0.771. The van der Waals surface area contributed by atoms with Crippen molar-refractivity contribution in [1.82, 2.24) is 0 Å². The van der Waals surface area contributed by atoms with Crippen molar-refractivity contribution < 1.29 is 168 Å². The predicted octanol–water partition coefficient (Wildman–Crippen LogP) is -6.39. The van der Waals surface area contributed by atoms with Crippen molar-refractivity contribution in [2.24, 2.45) is 50.2 Å². The molecule has 0 aromatic heterocycles. The second kappa shape index (κ2) is 29.1. The Kier molecular flexibility index (Phi) is 22.6. The fourth-order valence-electron chi connectivity index (χ4n) is 19.7. The van der Waals surface area contributed by atoms with Crippen LogP contribution in [0.15, 0.2) is 11.6 Å². The van der Waals surface area contributed by atoms with Gasteiger partial charge in [-0.2, -0.15) is 0 Å². The van der Waals surface area contributed by atoms with E-state index in [9.17, 15) is 97.0 Å². The lowest BCUT2D eigenvalue weighted by molar-refractivity contribution is -0.383. The van der Waals surface area contributed by atoms with Crippen molar-refractivity contribution in [1.29, 1.82) is 0 Å². The average Bonchev–Trinajstić information content (AvgIpc) is 0.962. The number of carbonyl (C=O) groups is 1. The second-order valence-corrected chi connectivity index (χ2v) is 32.7. The first-order chi connectivity index (χ1) is 47.4. The number of fused-ring (bicyclic) bond motifs is 7. The minimum atomic E-state index is -2.24. The molecule has 0 radical (unpaired) electrons. The number of allylic oxidation sites excluding steroid dienone is 2. The molecule has 0 aromatic carbocycles. The lowest BCUT2D eigenvalue weighted by atomic mass is 9.33. The third kappa shape index (κ3) is 13.3. The third-order valence-electron chi connectivity index (χ3n) is 26.1. The number of ether oxygens (including phenoxy) is 14. The summed E-state index contributed by atoms with van der Waals surface area (Å²) in [6.45, 7) is 8.31. The van der Waals surface area contributed by atoms with Crippen LogP contribution in [0.25, 0.3) is 0 Å². The van der Waals surface area contributed by atoms with Gasteiger partial charge in [-0.3, -0.25) is 4.79 Å². The smallest absolute Gasteiger partial charge is 0.315 e. The van der Waals surface area contributed by atoms with Crippen molar-refractivity contribution in [3.63, 3.8) is 0 Å². The minimum Gasteiger partial charge on any atom is -0.432 e. The van der Waals surface area contributed by atoms with E-state index in [2.05, 4.69) is 40.7 Å². The summed E-state index contributed by atoms with van der Waals surface area (Å²) in [5, 5.41) is 210. The maximum absolute atomic E-state index is 15.7. The predicted molar refractivity (Wildman–Crippen MR) is 332 cm³/mol. The van der Waals surface area contributed by atoms with Crippen LogP contribution in [-0.4, -0.2) is 346 Å². The Morgan fingerprint density at radius 3 is 1.64 bits per heavy atom. The van der Waals surface area contributed by atoms with E-state index in [-0.39, 0.29) is 23.7 Å². The lowest BCUT2D eigenvalue weighted by Crippen LogP contribution is -2.70. The van der Waals surface area contributed by atoms with Crippen LogP contribution in [-0.2, 0) is 71.1 Å². The average molecular weight is 1460 g/mol. The molecule has 4 saturated carbocycles. The summed E-state index contributed by atoms with van der Waals surface area (Å²) < 4.78 is 83.5. The highest BCUT2D eigenvalue weighted by Crippen LogP contribution is 2.76. The first-order valence-corrected chi connectivity index (χ1v) is 35.4. The quantitative estimate of drug-likeness (QED) is 0.0345. The Bertz CT molecular complexity index is 2900. The van der Waals surface area contributed by atoms with E-state index in [4.69, 9.17) is 66.3 Å². The van der Waals surface area contributed by atoms with E-state index in [0.29, 0.717) is 51.4 Å². The topological polar surface area (TPSA) is 531 Å². The lowest BCUT2D eigenvalue weighted by Gasteiger charge is -2.72. The van der Waals surface area contributed by atoms with Crippen LogP contribution >= 0.6 is 0 Å². The van der Waals surface area contributed by atoms with Gasteiger partial charge in [-0.05, 0) is 104 Å². The summed E-state index contributed by atoms with van der Waals surface area (Å²) in [4.78, 5) is 15.7. The van der Waals surface area contributed by atoms with Crippen molar-refractivity contribution in [3.05, 3.63) is 11.6 Å². The molecule has 34 heteroatoms. The molecule has 11 fully saturated rings. The summed E-state index contributed by atoms with van der Waals surface area (Å²) in [5.41, 5.74) is -7.66. The summed E-state index contributed by atoms with van der Waals surface area (Å²) >= 11 is 0. The van der Waals surface area contributed by atoms with Crippen LogP contribution in [0.1, 0.15) is 106 Å². The van der Waals surface area contributed by atoms with Gasteiger partial charge in [0.05, 0.1) is 83.2 Å². The molecule has 12 rings (SSSR count). The summed E-state index contributed by atoms with van der Waals surface area (Å²) in [7, 11) is 0. The molecule has 34 nitrogen and oxygen atoms in total. The molecular weight excluding hydrogens is 1350 g/mol. The molecule has 5 aliphatic carbocycles. The number of rotatable bonds is 18. The molecule has 0 unspecified atom stereocenters. The van der Waals surface area contributed by atoms with Crippen molar-refractivity contribution >= 4 is 5.97 Å². The molecule has 101 heavy (non-hydrogen) atoms. The van der Waals surface area contributed by atoms with E-state index in [1.807, 2.05) is 6.92 Å². The van der Waals surface area contributed by atoms with Crippen LogP contribution in [0.3, 0.4) is 0 Å². The van der Waals surface area contributed by atoms with Crippen LogP contribution in [0.5, 0.6) is 0 Å². The number of hydrogen-bond acceptors (Lipinski definition) is 34. The first kappa shape index (κ1) is 78.5. The van der Waals surface area contributed by atoms with Crippen LogP contribution in [0, 0.1) is 50.2 Å². The SMILES string of the molecule is C[C@@H]1O[C@@H](O[C@H]2[C@H](OC(=O)[C@]34CCC(C)(C)C[C@H]3C3=CC[C@H]5[C@@]6(C)C[C@H](O)[C@H](O[C@@H]7O[C@H](CO)[C@@H](O)[C@H](O[C@@H]8OC[C@@H](O)[C@H](O)[C@H]8O)[C@H]7O)[C@@](C)(CO)[C@H]6CC[C@@]5(C)[C@]3(C)CC4)OC[C@H](O)[C@@H]2O)[C@H](O)[C@H](O[C@@H]2OC[C@](O)(CO)[C@H]2O)[C@H]1O[C@@H]1OC[C@@H](O)[C@H](O[C@@H]2OC[C@](O)(CO)[C@H]2O)[C@H]1O. The Hall–Kier alpha value is -2.07. The zero-order chi connectivity index (χ0) is 73.4. The molecule has 19 N–H and O–H groups in total. The third-order valence-corrected chi connectivity index (χ3v) is 26.1. The van der Waals surface area contributed by atoms with E-state index in [0.717, 1.165) is 5.57 Å². The van der Waals surface area contributed by atoms with Gasteiger partial charge < -0.3 is 163 Å².